The fourth-order valence-electron chi connectivity index (χ4n) is 6.29. The van der Waals surface area contributed by atoms with E-state index in [0.29, 0.717) is 17.2 Å². The summed E-state index contributed by atoms with van der Waals surface area (Å²) >= 11 is 0. The van der Waals surface area contributed by atoms with Crippen LogP contribution in [-0.4, -0.2) is 41.5 Å². The van der Waals surface area contributed by atoms with Crippen LogP contribution in [0.15, 0.2) is 47.3 Å². The molecule has 1 amide bonds. The summed E-state index contributed by atoms with van der Waals surface area (Å²) in [6.45, 7) is 16.5. The van der Waals surface area contributed by atoms with Crippen LogP contribution in [0.4, 0.5) is 5.69 Å². The Morgan fingerprint density at radius 3 is 2.20 bits per heavy atom. The molecule has 2 N–H and O–H groups in total. The highest BCUT2D eigenvalue weighted by Crippen LogP contribution is 2.35. The van der Waals surface area contributed by atoms with E-state index in [4.69, 9.17) is 0 Å². The van der Waals surface area contributed by atoms with Gasteiger partial charge in [0.1, 0.15) is 0 Å². The van der Waals surface area contributed by atoms with Crippen molar-refractivity contribution in [2.75, 3.05) is 24.5 Å². The maximum atomic E-state index is 13.7. The Hall–Kier alpha value is -3.38. The van der Waals surface area contributed by atoms with Crippen molar-refractivity contribution in [1.29, 1.82) is 0 Å². The van der Waals surface area contributed by atoms with Crippen molar-refractivity contribution in [2.45, 2.75) is 92.8 Å². The third-order valence-electron chi connectivity index (χ3n) is 8.80. The number of hydrogen-bond donors (Lipinski definition) is 2. The molecular formula is C35H48N4O2. The normalized spacial score (nSPS) is 13.9. The van der Waals surface area contributed by atoms with Gasteiger partial charge in [-0.3, -0.25) is 14.5 Å². The number of hydrogen-bond acceptors (Lipinski definition) is 4. The standard InChI is InChI=1S/C35H48N4O2/c1-7-38(8-2)23-27-15-17-28(18-16-27)29-20-31(34(40)36-22-32-24(4)19-25(5)37-35(32)41)26(6)33(21-29)39(9-3)30-13-11-10-12-14-30/h15-21,30H,7-14,22-23H2,1-6H3,(H,36,40)(H,37,41). The van der Waals surface area contributed by atoms with Crippen molar-refractivity contribution >= 4 is 11.6 Å². The van der Waals surface area contributed by atoms with E-state index in [1.165, 1.54) is 37.7 Å². The second-order valence-corrected chi connectivity index (χ2v) is 11.5. The fraction of sp³-hybridized carbons (Fsp3) is 0.486. The Morgan fingerprint density at radius 1 is 0.902 bits per heavy atom. The van der Waals surface area contributed by atoms with Gasteiger partial charge in [0.05, 0.1) is 0 Å². The number of aromatic amines is 1. The quantitative estimate of drug-likeness (QED) is 0.270. The first-order valence-corrected chi connectivity index (χ1v) is 15.5. The van der Waals surface area contributed by atoms with Gasteiger partial charge in [0.25, 0.3) is 11.5 Å². The van der Waals surface area contributed by atoms with Gasteiger partial charge >= 0.3 is 0 Å². The summed E-state index contributed by atoms with van der Waals surface area (Å²) in [5.41, 5.74) is 8.40. The van der Waals surface area contributed by atoms with E-state index in [0.717, 1.165) is 59.8 Å². The first kappa shape index (κ1) is 30.6. The summed E-state index contributed by atoms with van der Waals surface area (Å²) in [5, 5.41) is 3.06. The molecule has 0 atom stereocenters. The minimum Gasteiger partial charge on any atom is -0.369 e. The first-order valence-electron chi connectivity index (χ1n) is 15.5. The lowest BCUT2D eigenvalue weighted by Gasteiger charge is -2.37. The molecule has 0 spiro atoms. The highest BCUT2D eigenvalue weighted by Gasteiger charge is 2.24. The average molecular weight is 557 g/mol. The number of nitrogens with one attached hydrogen (secondary N) is 2. The third-order valence-corrected chi connectivity index (χ3v) is 8.80. The Labute approximate surface area is 246 Å². The van der Waals surface area contributed by atoms with Crippen molar-refractivity contribution in [3.8, 4) is 11.1 Å². The van der Waals surface area contributed by atoms with Crippen molar-refractivity contribution < 1.29 is 4.79 Å². The highest BCUT2D eigenvalue weighted by atomic mass is 16.1. The highest BCUT2D eigenvalue weighted by molar-refractivity contribution is 5.99. The number of pyridine rings is 1. The molecule has 0 aliphatic heterocycles. The minimum atomic E-state index is -0.150. The molecule has 2 aromatic carbocycles. The molecule has 1 aromatic heterocycles. The predicted octanol–water partition coefficient (Wildman–Crippen LogP) is 6.90. The largest absolute Gasteiger partial charge is 0.369 e. The van der Waals surface area contributed by atoms with Crippen molar-refractivity contribution in [3.05, 3.63) is 86.3 Å². The molecule has 220 valence electrons. The van der Waals surface area contributed by atoms with Crippen LogP contribution in [0, 0.1) is 20.8 Å². The molecule has 6 heteroatoms. The van der Waals surface area contributed by atoms with Crippen molar-refractivity contribution in [2.24, 2.45) is 0 Å². The number of aryl methyl sites for hydroxylation is 2. The fourth-order valence-corrected chi connectivity index (χ4v) is 6.29. The van der Waals surface area contributed by atoms with Gasteiger partial charge in [-0.05, 0) is 99.6 Å². The van der Waals surface area contributed by atoms with Gasteiger partial charge < -0.3 is 15.2 Å². The van der Waals surface area contributed by atoms with Crippen molar-refractivity contribution in [1.82, 2.24) is 15.2 Å². The second-order valence-electron chi connectivity index (χ2n) is 11.5. The molecule has 1 heterocycles. The summed E-state index contributed by atoms with van der Waals surface area (Å²) in [6, 6.07) is 15.5. The van der Waals surface area contributed by atoms with Crippen LogP contribution >= 0.6 is 0 Å². The second kappa shape index (κ2) is 14.0. The van der Waals surface area contributed by atoms with Crippen LogP contribution in [0.1, 0.15) is 91.2 Å². The zero-order valence-electron chi connectivity index (χ0n) is 25.9. The average Bonchev–Trinajstić information content (AvgIpc) is 2.97. The van der Waals surface area contributed by atoms with Gasteiger partial charge in [-0.15, -0.1) is 0 Å². The molecule has 0 saturated heterocycles. The van der Waals surface area contributed by atoms with Gasteiger partial charge in [0.15, 0.2) is 0 Å². The summed E-state index contributed by atoms with van der Waals surface area (Å²) in [5.74, 6) is -0.150. The van der Waals surface area contributed by atoms with E-state index in [9.17, 15) is 9.59 Å². The van der Waals surface area contributed by atoms with Gasteiger partial charge in [-0.1, -0.05) is 57.4 Å². The topological polar surface area (TPSA) is 68.4 Å². The molecule has 1 saturated carbocycles. The number of benzene rings is 2. The lowest BCUT2D eigenvalue weighted by Crippen LogP contribution is -2.37. The third kappa shape index (κ3) is 7.28. The molecule has 0 radical (unpaired) electrons. The molecule has 6 nitrogen and oxygen atoms in total. The van der Waals surface area contributed by atoms with Crippen LogP contribution in [0.2, 0.25) is 0 Å². The Bertz CT molecular complexity index is 1380. The summed E-state index contributed by atoms with van der Waals surface area (Å²) in [6.07, 6.45) is 6.19. The summed E-state index contributed by atoms with van der Waals surface area (Å²) in [4.78, 5) is 34.1. The lowest BCUT2D eigenvalue weighted by molar-refractivity contribution is 0.0950. The Morgan fingerprint density at radius 2 is 1.59 bits per heavy atom. The molecule has 3 aromatic rings. The van der Waals surface area contributed by atoms with E-state index in [1.807, 2.05) is 26.0 Å². The SMILES string of the molecule is CCN(CC)Cc1ccc(-c2cc(C(=O)NCc3c(C)cc(C)[nH]c3=O)c(C)c(N(CC)C3CCCCC3)c2)cc1. The van der Waals surface area contributed by atoms with Gasteiger partial charge in [0.2, 0.25) is 0 Å². The first-order chi connectivity index (χ1) is 19.7. The van der Waals surface area contributed by atoms with Crippen LogP contribution in [0.3, 0.4) is 0 Å². The van der Waals surface area contributed by atoms with Gasteiger partial charge in [0, 0.05) is 48.2 Å². The Balaban J connectivity index is 1.71. The number of aromatic nitrogens is 1. The molecule has 4 rings (SSSR count). The van der Waals surface area contributed by atoms with E-state index in [1.54, 1.807) is 0 Å². The lowest BCUT2D eigenvalue weighted by atomic mass is 9.91. The zero-order chi connectivity index (χ0) is 29.5. The number of anilines is 1. The van der Waals surface area contributed by atoms with Gasteiger partial charge in [-0.2, -0.15) is 0 Å². The number of rotatable bonds is 11. The van der Waals surface area contributed by atoms with E-state index >= 15 is 0 Å². The smallest absolute Gasteiger partial charge is 0.253 e. The number of amides is 1. The minimum absolute atomic E-state index is 0.145. The van der Waals surface area contributed by atoms with Gasteiger partial charge in [-0.25, -0.2) is 0 Å². The van der Waals surface area contributed by atoms with E-state index in [2.05, 4.69) is 78.1 Å². The van der Waals surface area contributed by atoms with Crippen LogP contribution < -0.4 is 15.8 Å². The number of H-pyrrole nitrogens is 1. The van der Waals surface area contributed by atoms with E-state index < -0.39 is 0 Å². The molecule has 1 fully saturated rings. The van der Waals surface area contributed by atoms with Crippen molar-refractivity contribution in [3.63, 3.8) is 0 Å². The number of carbonyl (C=O) groups is 1. The maximum absolute atomic E-state index is 13.7. The molecule has 0 bridgehead atoms. The summed E-state index contributed by atoms with van der Waals surface area (Å²) in [7, 11) is 0. The zero-order valence-corrected chi connectivity index (χ0v) is 25.9. The van der Waals surface area contributed by atoms with Crippen LogP contribution in [-0.2, 0) is 13.1 Å². The molecule has 41 heavy (non-hydrogen) atoms. The molecule has 0 unspecified atom stereocenters. The van der Waals surface area contributed by atoms with Crippen LogP contribution in [0.25, 0.3) is 11.1 Å². The molecule has 1 aliphatic rings. The number of carbonyl (C=O) groups excluding carboxylic acids is 1. The molecule has 1 aliphatic carbocycles. The number of nitrogens with zero attached hydrogens (tertiary/aromatic N) is 2. The maximum Gasteiger partial charge on any atom is 0.253 e. The van der Waals surface area contributed by atoms with E-state index in [-0.39, 0.29) is 18.0 Å². The monoisotopic (exact) mass is 556 g/mol. The Kier molecular flexibility index (Phi) is 10.4. The molecular weight excluding hydrogens is 508 g/mol. The van der Waals surface area contributed by atoms with Crippen LogP contribution in [0.5, 0.6) is 0 Å². The predicted molar refractivity (Wildman–Crippen MR) is 171 cm³/mol. The summed E-state index contributed by atoms with van der Waals surface area (Å²) < 4.78 is 0.